The lowest BCUT2D eigenvalue weighted by Gasteiger charge is -2.31. The second kappa shape index (κ2) is 7.49. The fraction of sp³-hybridized carbons (Fsp3) is 0.550. The Morgan fingerprint density at radius 3 is 2.67 bits per heavy atom. The van der Waals surface area contributed by atoms with Gasteiger partial charge in [-0.3, -0.25) is 4.90 Å². The molecule has 130 valence electrons. The molecule has 0 bridgehead atoms. The third kappa shape index (κ3) is 4.92. The van der Waals surface area contributed by atoms with E-state index in [4.69, 9.17) is 0 Å². The van der Waals surface area contributed by atoms with E-state index in [1.165, 1.54) is 24.0 Å². The number of nitrogens with one attached hydrogen (secondary N) is 1. The molecule has 4 heteroatoms. The van der Waals surface area contributed by atoms with Crippen LogP contribution in [0.25, 0.3) is 0 Å². The van der Waals surface area contributed by atoms with Crippen LogP contribution in [0.3, 0.4) is 0 Å². The van der Waals surface area contributed by atoms with Crippen molar-refractivity contribution in [1.29, 1.82) is 0 Å². The Bertz CT molecular complexity index is 613. The maximum Gasteiger partial charge on any atom is 0.110 e. The van der Waals surface area contributed by atoms with Gasteiger partial charge in [-0.2, -0.15) is 0 Å². The van der Waals surface area contributed by atoms with Gasteiger partial charge in [-0.15, -0.1) is 0 Å². The number of rotatable bonds is 6. The summed E-state index contributed by atoms with van der Waals surface area (Å²) >= 11 is 0. The Kier molecular flexibility index (Phi) is 5.36. The number of H-pyrrole nitrogens is 1. The number of aryl methyl sites for hydroxylation is 1. The molecule has 1 atom stereocenters. The van der Waals surface area contributed by atoms with E-state index in [1.807, 2.05) is 26.2 Å². The lowest BCUT2D eigenvalue weighted by molar-refractivity contribution is 0.0714. The molecule has 1 aliphatic heterocycles. The average Bonchev–Trinajstić information content (AvgIpc) is 3.08. The molecule has 0 amide bonds. The summed E-state index contributed by atoms with van der Waals surface area (Å²) < 4.78 is 0. The number of aromatic nitrogens is 2. The molecule has 0 unspecified atom stereocenters. The summed E-state index contributed by atoms with van der Waals surface area (Å²) in [5.41, 5.74) is 2.07. The number of hydrogen-bond acceptors (Lipinski definition) is 3. The fourth-order valence-electron chi connectivity index (χ4n) is 3.44. The van der Waals surface area contributed by atoms with Gasteiger partial charge in [-0.05, 0) is 57.2 Å². The Balaban J connectivity index is 1.54. The largest absolute Gasteiger partial charge is 0.390 e. The summed E-state index contributed by atoms with van der Waals surface area (Å²) in [6.45, 7) is 6.98. The van der Waals surface area contributed by atoms with E-state index in [0.29, 0.717) is 5.92 Å². The summed E-state index contributed by atoms with van der Waals surface area (Å²) in [6, 6.07) is 8.87. The van der Waals surface area contributed by atoms with Crippen LogP contribution < -0.4 is 0 Å². The van der Waals surface area contributed by atoms with E-state index >= 15 is 0 Å². The number of benzene rings is 1. The lowest BCUT2D eigenvalue weighted by atomic mass is 9.96. The molecular formula is C20H29N3O. The van der Waals surface area contributed by atoms with Crippen LogP contribution >= 0.6 is 0 Å². The van der Waals surface area contributed by atoms with Crippen molar-refractivity contribution >= 4 is 0 Å². The van der Waals surface area contributed by atoms with Crippen LogP contribution in [0.1, 0.15) is 56.0 Å². The lowest BCUT2D eigenvalue weighted by Crippen LogP contribution is -2.34. The van der Waals surface area contributed by atoms with Gasteiger partial charge in [0.25, 0.3) is 0 Å². The Morgan fingerprint density at radius 2 is 2.00 bits per heavy atom. The molecule has 2 aromatic rings. The molecule has 24 heavy (non-hydrogen) atoms. The first kappa shape index (κ1) is 17.2. The van der Waals surface area contributed by atoms with Gasteiger partial charge in [0.2, 0.25) is 0 Å². The Hall–Kier alpha value is -1.65. The molecule has 1 fully saturated rings. The normalized spacial score (nSPS) is 19.5. The zero-order chi connectivity index (χ0) is 17.0. The highest BCUT2D eigenvalue weighted by Gasteiger charge is 2.22. The zero-order valence-corrected chi connectivity index (χ0v) is 14.8. The maximum absolute atomic E-state index is 9.84. The maximum atomic E-state index is 9.84. The third-order valence-electron chi connectivity index (χ3n) is 4.87. The van der Waals surface area contributed by atoms with Crippen LogP contribution in [0.15, 0.2) is 36.7 Å². The average molecular weight is 327 g/mol. The van der Waals surface area contributed by atoms with Gasteiger partial charge in [0.1, 0.15) is 5.82 Å². The van der Waals surface area contributed by atoms with Gasteiger partial charge < -0.3 is 10.1 Å². The minimum Gasteiger partial charge on any atom is -0.390 e. The molecule has 0 radical (unpaired) electrons. The Labute approximate surface area is 144 Å². The van der Waals surface area contributed by atoms with E-state index < -0.39 is 5.60 Å². The van der Waals surface area contributed by atoms with Crippen LogP contribution in [0.5, 0.6) is 0 Å². The molecule has 2 N–H and O–H groups in total. The number of likely N-dealkylation sites (tertiary alicyclic amines) is 1. The monoisotopic (exact) mass is 327 g/mol. The number of nitrogens with zero attached hydrogens (tertiary/aromatic N) is 2. The van der Waals surface area contributed by atoms with Gasteiger partial charge in [0.05, 0.1) is 5.60 Å². The number of aromatic amines is 1. The van der Waals surface area contributed by atoms with E-state index in [9.17, 15) is 5.11 Å². The van der Waals surface area contributed by atoms with Crippen molar-refractivity contribution in [2.45, 2.75) is 57.6 Å². The molecule has 1 aliphatic rings. The minimum absolute atomic E-state index is 0.528. The van der Waals surface area contributed by atoms with Crippen LogP contribution in [0, 0.1) is 0 Å². The molecular weight excluding hydrogens is 298 g/mol. The summed E-state index contributed by atoms with van der Waals surface area (Å²) in [6.07, 6.45) is 7.94. The quantitative estimate of drug-likeness (QED) is 0.854. The predicted molar refractivity (Wildman–Crippen MR) is 96.9 cm³/mol. The van der Waals surface area contributed by atoms with Crippen LogP contribution in [-0.2, 0) is 13.0 Å². The first-order chi connectivity index (χ1) is 11.5. The van der Waals surface area contributed by atoms with Gasteiger partial charge >= 0.3 is 0 Å². The van der Waals surface area contributed by atoms with Crippen molar-refractivity contribution in [2.75, 3.05) is 13.1 Å². The number of imidazole rings is 1. The fourth-order valence-corrected chi connectivity index (χ4v) is 3.44. The van der Waals surface area contributed by atoms with Crippen molar-refractivity contribution in [2.24, 2.45) is 0 Å². The molecule has 0 spiro atoms. The topological polar surface area (TPSA) is 52.1 Å². The van der Waals surface area contributed by atoms with Gasteiger partial charge in [0, 0.05) is 31.4 Å². The zero-order valence-electron chi connectivity index (χ0n) is 14.8. The summed E-state index contributed by atoms with van der Waals surface area (Å²) in [5, 5.41) is 9.84. The summed E-state index contributed by atoms with van der Waals surface area (Å²) in [5.74, 6) is 1.65. The predicted octanol–water partition coefficient (Wildman–Crippen LogP) is 3.49. The van der Waals surface area contributed by atoms with Gasteiger partial charge in [-0.25, -0.2) is 4.98 Å². The molecule has 0 saturated carbocycles. The standard InChI is InChI=1S/C20H29N3O/c1-20(2,24)10-9-16-5-7-17(8-6-16)14-23-13-3-4-18(15-23)19-21-11-12-22-19/h5-8,11-12,18,24H,3-4,9-10,13-15H2,1-2H3,(H,21,22)/t18-/m1/s1. The molecule has 1 aromatic heterocycles. The van der Waals surface area contributed by atoms with E-state index in [1.54, 1.807) is 0 Å². The van der Waals surface area contributed by atoms with Crippen molar-refractivity contribution in [3.8, 4) is 0 Å². The summed E-state index contributed by atoms with van der Waals surface area (Å²) in [7, 11) is 0. The molecule has 3 rings (SSSR count). The van der Waals surface area contributed by atoms with Crippen molar-refractivity contribution in [3.05, 3.63) is 53.6 Å². The SMILES string of the molecule is CC(C)(O)CCc1ccc(CN2CCC[C@@H](c3ncc[nH]3)C2)cc1. The number of aliphatic hydroxyl groups is 1. The number of hydrogen-bond donors (Lipinski definition) is 2. The van der Waals surface area contributed by atoms with Crippen LogP contribution in [0.4, 0.5) is 0 Å². The van der Waals surface area contributed by atoms with Gasteiger partial charge in [-0.1, -0.05) is 24.3 Å². The first-order valence-electron chi connectivity index (χ1n) is 9.01. The van der Waals surface area contributed by atoms with E-state index in [-0.39, 0.29) is 0 Å². The highest BCUT2D eigenvalue weighted by atomic mass is 16.3. The molecule has 4 nitrogen and oxygen atoms in total. The van der Waals surface area contributed by atoms with E-state index in [0.717, 1.165) is 38.3 Å². The first-order valence-corrected chi connectivity index (χ1v) is 9.01. The Morgan fingerprint density at radius 1 is 1.25 bits per heavy atom. The molecule has 2 heterocycles. The second-order valence-electron chi connectivity index (χ2n) is 7.68. The minimum atomic E-state index is -0.590. The molecule has 1 aromatic carbocycles. The van der Waals surface area contributed by atoms with Crippen molar-refractivity contribution in [3.63, 3.8) is 0 Å². The van der Waals surface area contributed by atoms with Gasteiger partial charge in [0.15, 0.2) is 0 Å². The second-order valence-corrected chi connectivity index (χ2v) is 7.68. The van der Waals surface area contributed by atoms with E-state index in [2.05, 4.69) is 39.1 Å². The van der Waals surface area contributed by atoms with Crippen LogP contribution in [0.2, 0.25) is 0 Å². The molecule has 0 aliphatic carbocycles. The van der Waals surface area contributed by atoms with Crippen molar-refractivity contribution < 1.29 is 5.11 Å². The highest BCUT2D eigenvalue weighted by Crippen LogP contribution is 2.25. The summed E-state index contributed by atoms with van der Waals surface area (Å²) in [4.78, 5) is 10.2. The highest BCUT2D eigenvalue weighted by molar-refractivity contribution is 5.23. The smallest absolute Gasteiger partial charge is 0.110 e. The van der Waals surface area contributed by atoms with Crippen LogP contribution in [-0.4, -0.2) is 38.7 Å². The number of piperidine rings is 1. The molecule has 1 saturated heterocycles. The van der Waals surface area contributed by atoms with Crippen molar-refractivity contribution in [1.82, 2.24) is 14.9 Å². The third-order valence-corrected chi connectivity index (χ3v) is 4.87.